The lowest BCUT2D eigenvalue weighted by Gasteiger charge is -2.12. The molecule has 0 aromatic heterocycles. The molecule has 1 aromatic rings. The summed E-state index contributed by atoms with van der Waals surface area (Å²) in [4.78, 5) is 23.1. The van der Waals surface area contributed by atoms with E-state index in [1.165, 1.54) is 14.0 Å². The van der Waals surface area contributed by atoms with Crippen molar-refractivity contribution in [2.45, 2.75) is 39.0 Å². The highest BCUT2D eigenvalue weighted by Gasteiger charge is 2.08. The van der Waals surface area contributed by atoms with Gasteiger partial charge in [-0.1, -0.05) is 12.8 Å². The number of amides is 2. The van der Waals surface area contributed by atoms with Gasteiger partial charge in [0.1, 0.15) is 5.75 Å². The summed E-state index contributed by atoms with van der Waals surface area (Å²) < 4.78 is 5.17. The molecule has 2 amide bonds. The lowest BCUT2D eigenvalue weighted by molar-refractivity contribution is -0.116. The fraction of sp³-hybridized carbons (Fsp3) is 0.500. The number of benzene rings is 1. The van der Waals surface area contributed by atoms with E-state index in [0.29, 0.717) is 30.1 Å². The van der Waals surface area contributed by atoms with Crippen LogP contribution in [0.1, 0.15) is 39.0 Å². The molecule has 0 aliphatic carbocycles. The molecule has 6 nitrogen and oxygen atoms in total. The van der Waals surface area contributed by atoms with Crippen molar-refractivity contribution < 1.29 is 14.3 Å². The third kappa shape index (κ3) is 8.42. The van der Waals surface area contributed by atoms with Crippen LogP contribution in [0.3, 0.4) is 0 Å². The van der Waals surface area contributed by atoms with Crippen LogP contribution in [0.4, 0.5) is 11.4 Å². The van der Waals surface area contributed by atoms with Crippen LogP contribution in [0.15, 0.2) is 18.2 Å². The highest BCUT2D eigenvalue weighted by Crippen LogP contribution is 2.27. The number of hydrogen-bond donors (Lipinski definition) is 3. The molecule has 0 saturated heterocycles. The number of nitrogens with two attached hydrogens (primary N) is 1. The number of ether oxygens (including phenoxy) is 1. The van der Waals surface area contributed by atoms with Gasteiger partial charge in [0.2, 0.25) is 11.8 Å². The molecule has 1 aromatic carbocycles. The third-order valence-corrected chi connectivity index (χ3v) is 3.15. The number of carbonyl (C=O) groups excluding carboxylic acids is 2. The minimum atomic E-state index is -0.193. The molecule has 23 heavy (non-hydrogen) atoms. The lowest BCUT2D eigenvalue weighted by atomic mass is 10.1. The molecule has 0 bridgehead atoms. The van der Waals surface area contributed by atoms with Crippen LogP contribution in [-0.2, 0) is 9.59 Å². The number of nitrogens with one attached hydrogen (secondary N) is 2. The van der Waals surface area contributed by atoms with E-state index in [2.05, 4.69) is 10.6 Å². The molecule has 130 valence electrons. The Bertz CT molecular complexity index is 509. The largest absolute Gasteiger partial charge is 0.495 e. The van der Waals surface area contributed by atoms with Gasteiger partial charge in [0, 0.05) is 19.0 Å². The molecule has 0 spiro atoms. The van der Waals surface area contributed by atoms with Crippen molar-refractivity contribution in [3.63, 3.8) is 0 Å². The number of rotatable bonds is 9. The first-order chi connectivity index (χ1) is 10.6. The maximum Gasteiger partial charge on any atom is 0.224 e. The molecule has 1 rings (SSSR count). The summed E-state index contributed by atoms with van der Waals surface area (Å²) >= 11 is 0. The topological polar surface area (TPSA) is 93.4 Å². The van der Waals surface area contributed by atoms with E-state index in [1.54, 1.807) is 18.2 Å². The van der Waals surface area contributed by atoms with E-state index in [9.17, 15) is 9.59 Å². The third-order valence-electron chi connectivity index (χ3n) is 3.15. The van der Waals surface area contributed by atoms with E-state index in [0.717, 1.165) is 25.7 Å². The van der Waals surface area contributed by atoms with Crippen LogP contribution < -0.4 is 21.1 Å². The normalized spacial score (nSPS) is 9.70. The van der Waals surface area contributed by atoms with Gasteiger partial charge in [-0.3, -0.25) is 9.59 Å². The number of methoxy groups -OCH3 is 1. The number of halogens is 1. The van der Waals surface area contributed by atoms with Gasteiger partial charge in [0.15, 0.2) is 0 Å². The fourth-order valence-corrected chi connectivity index (χ4v) is 2.08. The van der Waals surface area contributed by atoms with Crippen molar-refractivity contribution in [1.29, 1.82) is 0 Å². The molecule has 7 heteroatoms. The van der Waals surface area contributed by atoms with Crippen LogP contribution in [0.2, 0.25) is 0 Å². The SMILES string of the molecule is COc1ccc(NC(=O)CCCCCCN)cc1NC(C)=O.Cl. The Labute approximate surface area is 143 Å². The van der Waals surface area contributed by atoms with E-state index >= 15 is 0 Å². The Morgan fingerprint density at radius 1 is 1.13 bits per heavy atom. The summed E-state index contributed by atoms with van der Waals surface area (Å²) in [6, 6.07) is 5.14. The highest BCUT2D eigenvalue weighted by molar-refractivity contribution is 5.94. The Morgan fingerprint density at radius 2 is 1.83 bits per heavy atom. The molecule has 0 fully saturated rings. The number of carbonyl (C=O) groups is 2. The second-order valence-electron chi connectivity index (χ2n) is 5.10. The van der Waals surface area contributed by atoms with Crippen molar-refractivity contribution >= 4 is 35.6 Å². The van der Waals surface area contributed by atoms with Gasteiger partial charge in [0.25, 0.3) is 0 Å². The average molecular weight is 344 g/mol. The van der Waals surface area contributed by atoms with Crippen LogP contribution in [0.5, 0.6) is 5.75 Å². The Hall–Kier alpha value is -1.79. The first-order valence-corrected chi connectivity index (χ1v) is 7.52. The molecule has 0 radical (unpaired) electrons. The van der Waals surface area contributed by atoms with Crippen LogP contribution in [-0.4, -0.2) is 25.5 Å². The second kappa shape index (κ2) is 11.7. The van der Waals surface area contributed by atoms with Gasteiger partial charge in [-0.05, 0) is 37.6 Å². The van der Waals surface area contributed by atoms with E-state index < -0.39 is 0 Å². The molecule has 0 unspecified atom stereocenters. The zero-order valence-corrected chi connectivity index (χ0v) is 14.5. The Balaban J connectivity index is 0.00000484. The molecule has 0 saturated carbocycles. The van der Waals surface area contributed by atoms with Gasteiger partial charge in [0.05, 0.1) is 12.8 Å². The smallest absolute Gasteiger partial charge is 0.224 e. The predicted molar refractivity (Wildman–Crippen MR) is 95.3 cm³/mol. The first kappa shape index (κ1) is 21.2. The summed E-state index contributed by atoms with van der Waals surface area (Å²) in [6.45, 7) is 2.12. The van der Waals surface area contributed by atoms with Crippen LogP contribution in [0.25, 0.3) is 0 Å². The standard InChI is InChI=1S/C16H25N3O3.ClH/c1-12(20)18-14-11-13(8-9-15(14)22-2)19-16(21)7-5-3-4-6-10-17;/h8-9,11H,3-7,10,17H2,1-2H3,(H,18,20)(H,19,21);1H. The van der Waals surface area contributed by atoms with Crippen LogP contribution in [0, 0.1) is 0 Å². The molecule has 4 N–H and O–H groups in total. The van der Waals surface area contributed by atoms with E-state index in [4.69, 9.17) is 10.5 Å². The summed E-state index contributed by atoms with van der Waals surface area (Å²) in [5.41, 5.74) is 6.60. The highest BCUT2D eigenvalue weighted by atomic mass is 35.5. The summed E-state index contributed by atoms with van der Waals surface area (Å²) in [6.07, 6.45) is 4.39. The fourth-order valence-electron chi connectivity index (χ4n) is 2.08. The Kier molecular flexibility index (Phi) is 10.8. The van der Waals surface area contributed by atoms with Crippen LogP contribution >= 0.6 is 12.4 Å². The monoisotopic (exact) mass is 343 g/mol. The minimum absolute atomic E-state index is 0. The van der Waals surface area contributed by atoms with Gasteiger partial charge in [-0.15, -0.1) is 12.4 Å². The quantitative estimate of drug-likeness (QED) is 0.601. The van der Waals surface area contributed by atoms with Gasteiger partial charge in [-0.2, -0.15) is 0 Å². The summed E-state index contributed by atoms with van der Waals surface area (Å²) in [7, 11) is 1.53. The Morgan fingerprint density at radius 3 is 2.43 bits per heavy atom. The minimum Gasteiger partial charge on any atom is -0.495 e. The first-order valence-electron chi connectivity index (χ1n) is 7.52. The number of hydrogen-bond acceptors (Lipinski definition) is 4. The lowest BCUT2D eigenvalue weighted by Crippen LogP contribution is -2.12. The average Bonchev–Trinajstić information content (AvgIpc) is 2.47. The zero-order valence-electron chi connectivity index (χ0n) is 13.7. The number of anilines is 2. The van der Waals surface area contributed by atoms with Crippen molar-refractivity contribution in [1.82, 2.24) is 0 Å². The van der Waals surface area contributed by atoms with E-state index in [1.807, 2.05) is 0 Å². The molecule has 0 heterocycles. The molecule has 0 atom stereocenters. The van der Waals surface area contributed by atoms with Gasteiger partial charge >= 0.3 is 0 Å². The zero-order chi connectivity index (χ0) is 16.4. The van der Waals surface area contributed by atoms with E-state index in [-0.39, 0.29) is 24.2 Å². The summed E-state index contributed by atoms with van der Waals surface area (Å²) in [5.74, 6) is 0.323. The maximum absolute atomic E-state index is 11.9. The molecule has 0 aliphatic heterocycles. The predicted octanol–water partition coefficient (Wildman–Crippen LogP) is 2.92. The van der Waals surface area contributed by atoms with Crippen molar-refractivity contribution in [2.75, 3.05) is 24.3 Å². The maximum atomic E-state index is 11.9. The molecule has 0 aliphatic rings. The second-order valence-corrected chi connectivity index (χ2v) is 5.10. The molecular formula is C16H26ClN3O3. The van der Waals surface area contributed by atoms with Gasteiger partial charge < -0.3 is 21.1 Å². The van der Waals surface area contributed by atoms with Crippen molar-refractivity contribution in [3.8, 4) is 5.75 Å². The summed E-state index contributed by atoms with van der Waals surface area (Å²) in [5, 5.41) is 5.50. The van der Waals surface area contributed by atoms with Crippen molar-refractivity contribution in [3.05, 3.63) is 18.2 Å². The van der Waals surface area contributed by atoms with Gasteiger partial charge in [-0.25, -0.2) is 0 Å². The number of unbranched alkanes of at least 4 members (excludes halogenated alkanes) is 3. The molecular weight excluding hydrogens is 318 g/mol. The van der Waals surface area contributed by atoms with Crippen molar-refractivity contribution in [2.24, 2.45) is 5.73 Å².